The Hall–Kier alpha value is -2.50. The lowest BCUT2D eigenvalue weighted by molar-refractivity contribution is 0.445. The zero-order chi connectivity index (χ0) is 19.4. The van der Waals surface area contributed by atoms with Gasteiger partial charge in [-0.05, 0) is 24.5 Å². The molecule has 0 aliphatic carbocycles. The van der Waals surface area contributed by atoms with Gasteiger partial charge in [0.2, 0.25) is 0 Å². The van der Waals surface area contributed by atoms with Gasteiger partial charge >= 0.3 is 0 Å². The highest BCUT2D eigenvalue weighted by atomic mass is 19.1. The quantitative estimate of drug-likeness (QED) is 0.574. The molecule has 3 aromatic heterocycles. The smallest absolute Gasteiger partial charge is 0.180 e. The van der Waals surface area contributed by atoms with Gasteiger partial charge in [-0.1, -0.05) is 39.5 Å². The molecule has 144 valence electrons. The van der Waals surface area contributed by atoms with Gasteiger partial charge in [0.15, 0.2) is 5.82 Å². The zero-order valence-corrected chi connectivity index (χ0v) is 16.6. The number of pyridine rings is 1. The number of nitrogens with zero attached hydrogens (tertiary/aromatic N) is 5. The van der Waals surface area contributed by atoms with Crippen molar-refractivity contribution in [2.45, 2.75) is 46.0 Å². The van der Waals surface area contributed by atoms with Crippen molar-refractivity contribution in [2.75, 3.05) is 19.0 Å². The molecule has 0 bridgehead atoms. The summed E-state index contributed by atoms with van der Waals surface area (Å²) < 4.78 is 15.4. The molecular formula is C21H28FN5. The number of rotatable bonds is 8. The van der Waals surface area contributed by atoms with Crippen molar-refractivity contribution in [2.24, 2.45) is 5.92 Å². The van der Waals surface area contributed by atoms with Crippen molar-refractivity contribution >= 4 is 11.5 Å². The Morgan fingerprint density at radius 2 is 2.00 bits per heavy atom. The van der Waals surface area contributed by atoms with E-state index >= 15 is 0 Å². The second kappa shape index (κ2) is 8.46. The van der Waals surface area contributed by atoms with Crippen molar-refractivity contribution in [1.29, 1.82) is 0 Å². The lowest BCUT2D eigenvalue weighted by Gasteiger charge is -2.17. The Morgan fingerprint density at radius 1 is 1.19 bits per heavy atom. The Labute approximate surface area is 160 Å². The highest BCUT2D eigenvalue weighted by molar-refractivity contribution is 5.59. The first kappa shape index (κ1) is 19.3. The van der Waals surface area contributed by atoms with Crippen LogP contribution in [0, 0.1) is 11.7 Å². The molecule has 0 saturated heterocycles. The minimum Gasteiger partial charge on any atom is -0.363 e. The average Bonchev–Trinajstić information content (AvgIpc) is 3.07. The fourth-order valence-electron chi connectivity index (χ4n) is 3.29. The molecule has 27 heavy (non-hydrogen) atoms. The van der Waals surface area contributed by atoms with Gasteiger partial charge < -0.3 is 4.90 Å². The predicted octanol–water partition coefficient (Wildman–Crippen LogP) is 4.76. The van der Waals surface area contributed by atoms with Gasteiger partial charge in [0, 0.05) is 32.1 Å². The van der Waals surface area contributed by atoms with Gasteiger partial charge in [-0.15, -0.1) is 0 Å². The number of halogens is 1. The second-order valence-corrected chi connectivity index (χ2v) is 7.28. The largest absolute Gasteiger partial charge is 0.363 e. The minimum absolute atomic E-state index is 0.309. The number of aromatic nitrogens is 4. The van der Waals surface area contributed by atoms with Crippen molar-refractivity contribution in [3.63, 3.8) is 0 Å². The molecule has 3 heterocycles. The van der Waals surface area contributed by atoms with Crippen LogP contribution < -0.4 is 4.90 Å². The van der Waals surface area contributed by atoms with Crippen molar-refractivity contribution in [3.05, 3.63) is 42.1 Å². The molecule has 1 atom stereocenters. The average molecular weight is 369 g/mol. The van der Waals surface area contributed by atoms with Crippen LogP contribution in [0.3, 0.4) is 0 Å². The minimum atomic E-state index is -0.309. The fourth-order valence-corrected chi connectivity index (χ4v) is 3.29. The van der Waals surface area contributed by atoms with Crippen molar-refractivity contribution in [3.8, 4) is 11.5 Å². The fraction of sp³-hybridized carbons (Fsp3) is 0.476. The van der Waals surface area contributed by atoms with E-state index in [1.807, 2.05) is 19.0 Å². The van der Waals surface area contributed by atoms with Gasteiger partial charge in [-0.2, -0.15) is 0 Å². The van der Waals surface area contributed by atoms with E-state index in [2.05, 4.69) is 29.9 Å². The second-order valence-electron chi connectivity index (χ2n) is 7.28. The lowest BCUT2D eigenvalue weighted by atomic mass is 9.94. The van der Waals surface area contributed by atoms with Crippen molar-refractivity contribution < 1.29 is 4.39 Å². The maximum atomic E-state index is 13.7. The topological polar surface area (TPSA) is 46.3 Å². The summed E-state index contributed by atoms with van der Waals surface area (Å²) in [4.78, 5) is 15.8. The first-order valence-corrected chi connectivity index (χ1v) is 9.70. The Kier molecular flexibility index (Phi) is 6.04. The molecule has 0 radical (unpaired) electrons. The van der Waals surface area contributed by atoms with Crippen LogP contribution >= 0.6 is 0 Å². The zero-order valence-electron chi connectivity index (χ0n) is 16.6. The van der Waals surface area contributed by atoms with Gasteiger partial charge in [0.1, 0.15) is 23.0 Å². The van der Waals surface area contributed by atoms with E-state index in [9.17, 15) is 4.39 Å². The number of hydrogen-bond acceptors (Lipinski definition) is 4. The molecule has 0 unspecified atom stereocenters. The molecule has 0 aromatic carbocycles. The summed E-state index contributed by atoms with van der Waals surface area (Å²) in [6.45, 7) is 4.46. The summed E-state index contributed by atoms with van der Waals surface area (Å²) in [6.07, 6.45) is 8.87. The highest BCUT2D eigenvalue weighted by Crippen LogP contribution is 2.24. The molecular weight excluding hydrogens is 341 g/mol. The third-order valence-electron chi connectivity index (χ3n) is 4.96. The van der Waals surface area contributed by atoms with Gasteiger partial charge in [0.05, 0.1) is 6.20 Å². The number of unbranched alkanes of at least 4 members (excludes halogenated alkanes) is 1. The van der Waals surface area contributed by atoms with E-state index < -0.39 is 0 Å². The van der Waals surface area contributed by atoms with Crippen molar-refractivity contribution in [1.82, 2.24) is 19.4 Å². The van der Waals surface area contributed by atoms with Gasteiger partial charge in [-0.3, -0.25) is 4.40 Å². The van der Waals surface area contributed by atoms with Crippen LogP contribution in [-0.2, 0) is 6.42 Å². The maximum absolute atomic E-state index is 13.7. The van der Waals surface area contributed by atoms with Crippen LogP contribution in [0.4, 0.5) is 10.2 Å². The molecule has 0 spiro atoms. The van der Waals surface area contributed by atoms with Crippen LogP contribution in [0.15, 0.2) is 30.6 Å². The van der Waals surface area contributed by atoms with Crippen LogP contribution in [0.1, 0.15) is 45.2 Å². The molecule has 5 nitrogen and oxygen atoms in total. The molecule has 0 amide bonds. The van der Waals surface area contributed by atoms with E-state index in [-0.39, 0.29) is 5.82 Å². The standard InChI is InChI=1S/C21H28FN5/c1-5-7-8-15(6-2)11-17-12-20(26(3)4)25-21(24-17)18-13-23-19-10-9-16(22)14-27(18)19/h9-10,12-15H,5-8,11H2,1-4H3/t15-/m0/s1. The number of anilines is 1. The first-order chi connectivity index (χ1) is 13.0. The summed E-state index contributed by atoms with van der Waals surface area (Å²) in [6, 6.07) is 5.13. The van der Waals surface area contributed by atoms with Crippen LogP contribution in [-0.4, -0.2) is 33.4 Å². The molecule has 0 saturated carbocycles. The third kappa shape index (κ3) is 4.43. The number of fused-ring (bicyclic) bond motifs is 1. The maximum Gasteiger partial charge on any atom is 0.180 e. The predicted molar refractivity (Wildman–Crippen MR) is 108 cm³/mol. The molecule has 0 aliphatic rings. The van der Waals surface area contributed by atoms with E-state index in [0.717, 1.165) is 24.4 Å². The SMILES string of the molecule is CCCC[C@H](CC)Cc1cc(N(C)C)nc(-c2cnc3ccc(F)cn23)n1. The molecule has 3 rings (SSSR count). The van der Waals surface area contributed by atoms with E-state index in [1.165, 1.54) is 31.5 Å². The first-order valence-electron chi connectivity index (χ1n) is 9.70. The normalized spacial score (nSPS) is 12.5. The number of imidazole rings is 1. The molecule has 0 fully saturated rings. The molecule has 0 N–H and O–H groups in total. The van der Waals surface area contributed by atoms with E-state index in [0.29, 0.717) is 23.1 Å². The number of hydrogen-bond donors (Lipinski definition) is 0. The molecule has 0 aliphatic heterocycles. The van der Waals surface area contributed by atoms with Crippen LogP contribution in [0.25, 0.3) is 17.2 Å². The summed E-state index contributed by atoms with van der Waals surface area (Å²) in [5.41, 5.74) is 2.41. The molecule has 6 heteroatoms. The summed E-state index contributed by atoms with van der Waals surface area (Å²) in [5, 5.41) is 0. The van der Waals surface area contributed by atoms with Crippen LogP contribution in [0.5, 0.6) is 0 Å². The Morgan fingerprint density at radius 3 is 2.70 bits per heavy atom. The third-order valence-corrected chi connectivity index (χ3v) is 4.96. The van der Waals surface area contributed by atoms with Gasteiger partial charge in [0.25, 0.3) is 0 Å². The van der Waals surface area contributed by atoms with E-state index in [4.69, 9.17) is 4.98 Å². The van der Waals surface area contributed by atoms with Gasteiger partial charge in [-0.25, -0.2) is 19.3 Å². The highest BCUT2D eigenvalue weighted by Gasteiger charge is 2.15. The Balaban J connectivity index is 2.01. The Bertz CT molecular complexity index is 903. The van der Waals surface area contributed by atoms with Crippen LogP contribution in [0.2, 0.25) is 0 Å². The molecule has 3 aromatic rings. The monoisotopic (exact) mass is 369 g/mol. The summed E-state index contributed by atoms with van der Waals surface area (Å²) in [5.74, 6) is 1.74. The lowest BCUT2D eigenvalue weighted by Crippen LogP contribution is -2.14. The summed E-state index contributed by atoms with van der Waals surface area (Å²) >= 11 is 0. The summed E-state index contributed by atoms with van der Waals surface area (Å²) in [7, 11) is 3.94. The van der Waals surface area contributed by atoms with E-state index in [1.54, 1.807) is 16.7 Å².